The van der Waals surface area contributed by atoms with Gasteiger partial charge in [-0.1, -0.05) is 41.9 Å². The number of amides is 1. The highest BCUT2D eigenvalue weighted by Gasteiger charge is 2.25. The number of carbonyl (C=O) groups excluding carboxylic acids is 1. The molecule has 2 rings (SSSR count). The molecule has 2 aromatic rings. The predicted molar refractivity (Wildman–Crippen MR) is 84.8 cm³/mol. The summed E-state index contributed by atoms with van der Waals surface area (Å²) in [5.74, 6) is -0.349. The van der Waals surface area contributed by atoms with Crippen molar-refractivity contribution in [2.24, 2.45) is 0 Å². The van der Waals surface area contributed by atoms with Gasteiger partial charge in [0.2, 0.25) is 5.91 Å². The lowest BCUT2D eigenvalue weighted by atomic mass is 10.1. The molecule has 0 aliphatic carbocycles. The zero-order valence-electron chi connectivity index (χ0n) is 10.4. The third-order valence-corrected chi connectivity index (χ3v) is 4.07. The molecule has 2 atom stereocenters. The zero-order valence-corrected chi connectivity index (χ0v) is 12.7. The van der Waals surface area contributed by atoms with Crippen molar-refractivity contribution in [3.63, 3.8) is 0 Å². The van der Waals surface area contributed by atoms with Gasteiger partial charge in [-0.2, -0.15) is 0 Å². The first-order valence-electron chi connectivity index (χ1n) is 5.97. The Bertz CT molecular complexity index is 571. The van der Waals surface area contributed by atoms with Crippen molar-refractivity contribution in [1.29, 1.82) is 0 Å². The van der Waals surface area contributed by atoms with E-state index in [1.54, 1.807) is 24.3 Å². The number of hydrogen-bond donors (Lipinski definition) is 1. The van der Waals surface area contributed by atoms with Crippen LogP contribution in [0.5, 0.6) is 0 Å². The van der Waals surface area contributed by atoms with E-state index >= 15 is 0 Å². The average Bonchev–Trinajstić information content (AvgIpc) is 2.49. The summed E-state index contributed by atoms with van der Waals surface area (Å²) >= 11 is 18.1. The molecule has 1 N–H and O–H groups in total. The number of anilines is 1. The van der Waals surface area contributed by atoms with E-state index in [-0.39, 0.29) is 5.91 Å². The van der Waals surface area contributed by atoms with Gasteiger partial charge in [-0.3, -0.25) is 4.79 Å². The monoisotopic (exact) mass is 327 g/mol. The molecule has 0 saturated carbocycles. The molecular formula is C15H12Cl3NO. The SMILES string of the molecule is O=C(Nc1ccc(Cl)cc1)[C@@H](Cl)[C@H](Cl)c1ccccc1. The minimum absolute atomic E-state index is 0.349. The van der Waals surface area contributed by atoms with Crippen molar-refractivity contribution < 1.29 is 4.79 Å². The van der Waals surface area contributed by atoms with Crippen molar-refractivity contribution in [2.75, 3.05) is 5.32 Å². The Morgan fingerprint density at radius 2 is 1.55 bits per heavy atom. The summed E-state index contributed by atoms with van der Waals surface area (Å²) in [7, 11) is 0. The maximum Gasteiger partial charge on any atom is 0.244 e. The van der Waals surface area contributed by atoms with Crippen LogP contribution in [0, 0.1) is 0 Å². The fourth-order valence-electron chi connectivity index (χ4n) is 1.68. The summed E-state index contributed by atoms with van der Waals surface area (Å²) in [5.41, 5.74) is 1.43. The van der Waals surface area contributed by atoms with E-state index in [1.165, 1.54) is 0 Å². The molecule has 0 radical (unpaired) electrons. The Labute approximate surface area is 132 Å². The second kappa shape index (κ2) is 6.98. The molecule has 0 spiro atoms. The molecule has 0 aliphatic rings. The molecule has 2 aromatic carbocycles. The lowest BCUT2D eigenvalue weighted by Gasteiger charge is -2.16. The van der Waals surface area contributed by atoms with Crippen LogP contribution >= 0.6 is 34.8 Å². The molecule has 104 valence electrons. The Balaban J connectivity index is 2.03. The Hall–Kier alpha value is -1.22. The Morgan fingerprint density at radius 1 is 0.950 bits per heavy atom. The highest BCUT2D eigenvalue weighted by molar-refractivity contribution is 6.38. The van der Waals surface area contributed by atoms with Crippen LogP contribution in [0.25, 0.3) is 0 Å². The number of halogens is 3. The normalized spacial score (nSPS) is 13.6. The number of hydrogen-bond acceptors (Lipinski definition) is 1. The van der Waals surface area contributed by atoms with Gasteiger partial charge in [0.25, 0.3) is 0 Å². The first-order valence-corrected chi connectivity index (χ1v) is 7.22. The minimum Gasteiger partial charge on any atom is -0.325 e. The van der Waals surface area contributed by atoms with E-state index in [9.17, 15) is 4.79 Å². The van der Waals surface area contributed by atoms with Crippen LogP contribution in [-0.2, 0) is 4.79 Å². The van der Waals surface area contributed by atoms with Crippen molar-refractivity contribution in [1.82, 2.24) is 0 Å². The maximum absolute atomic E-state index is 12.1. The van der Waals surface area contributed by atoms with Crippen molar-refractivity contribution >= 4 is 46.4 Å². The molecule has 1 amide bonds. The topological polar surface area (TPSA) is 29.1 Å². The summed E-state index contributed by atoms with van der Waals surface area (Å²) in [4.78, 5) is 12.1. The lowest BCUT2D eigenvalue weighted by Crippen LogP contribution is -2.26. The van der Waals surface area contributed by atoms with Gasteiger partial charge in [-0.05, 0) is 29.8 Å². The highest BCUT2D eigenvalue weighted by Crippen LogP contribution is 2.28. The van der Waals surface area contributed by atoms with Crippen LogP contribution in [0.1, 0.15) is 10.9 Å². The summed E-state index contributed by atoms with van der Waals surface area (Å²) in [6, 6.07) is 16.0. The summed E-state index contributed by atoms with van der Waals surface area (Å²) in [6.07, 6.45) is 0. The van der Waals surface area contributed by atoms with E-state index in [2.05, 4.69) is 5.32 Å². The van der Waals surface area contributed by atoms with Crippen molar-refractivity contribution in [3.05, 3.63) is 65.2 Å². The van der Waals surface area contributed by atoms with Crippen LogP contribution < -0.4 is 5.32 Å². The fraction of sp³-hybridized carbons (Fsp3) is 0.133. The van der Waals surface area contributed by atoms with E-state index in [0.717, 1.165) is 5.56 Å². The fourth-order valence-corrected chi connectivity index (χ4v) is 2.27. The predicted octanol–water partition coefficient (Wildman–Crippen LogP) is 4.87. The lowest BCUT2D eigenvalue weighted by molar-refractivity contribution is -0.115. The van der Waals surface area contributed by atoms with Gasteiger partial charge in [0.15, 0.2) is 0 Å². The van der Waals surface area contributed by atoms with Crippen LogP contribution in [0.3, 0.4) is 0 Å². The van der Waals surface area contributed by atoms with Crippen LogP contribution in [0.4, 0.5) is 5.69 Å². The Morgan fingerprint density at radius 3 is 2.15 bits per heavy atom. The van der Waals surface area contributed by atoms with Gasteiger partial charge in [0.05, 0.1) is 5.38 Å². The van der Waals surface area contributed by atoms with Gasteiger partial charge in [-0.25, -0.2) is 0 Å². The maximum atomic E-state index is 12.1. The first kappa shape index (κ1) is 15.2. The molecule has 0 unspecified atom stereocenters. The number of carbonyl (C=O) groups is 1. The van der Waals surface area contributed by atoms with Gasteiger partial charge in [0.1, 0.15) is 5.38 Å². The van der Waals surface area contributed by atoms with Gasteiger partial charge in [0, 0.05) is 10.7 Å². The smallest absolute Gasteiger partial charge is 0.244 e. The van der Waals surface area contributed by atoms with E-state index in [0.29, 0.717) is 10.7 Å². The van der Waals surface area contributed by atoms with E-state index in [4.69, 9.17) is 34.8 Å². The quantitative estimate of drug-likeness (QED) is 0.797. The van der Waals surface area contributed by atoms with E-state index in [1.807, 2.05) is 30.3 Å². The largest absolute Gasteiger partial charge is 0.325 e. The van der Waals surface area contributed by atoms with Crippen LogP contribution in [0.2, 0.25) is 5.02 Å². The molecule has 0 fully saturated rings. The van der Waals surface area contributed by atoms with Gasteiger partial charge in [-0.15, -0.1) is 23.2 Å². The second-order valence-electron chi connectivity index (χ2n) is 4.21. The molecule has 5 heteroatoms. The van der Waals surface area contributed by atoms with Crippen molar-refractivity contribution in [2.45, 2.75) is 10.8 Å². The number of benzene rings is 2. The zero-order chi connectivity index (χ0) is 14.5. The molecule has 0 bridgehead atoms. The van der Waals surface area contributed by atoms with E-state index < -0.39 is 10.8 Å². The number of rotatable bonds is 4. The molecule has 20 heavy (non-hydrogen) atoms. The molecule has 0 aliphatic heterocycles. The number of alkyl halides is 2. The summed E-state index contributed by atoms with van der Waals surface area (Å²) in [6.45, 7) is 0. The first-order chi connectivity index (χ1) is 9.58. The third kappa shape index (κ3) is 3.89. The number of nitrogens with one attached hydrogen (secondary N) is 1. The minimum atomic E-state index is -0.866. The molecule has 0 heterocycles. The molecule has 0 saturated heterocycles. The third-order valence-electron chi connectivity index (χ3n) is 2.74. The van der Waals surface area contributed by atoms with Gasteiger partial charge < -0.3 is 5.32 Å². The molecule has 0 aromatic heterocycles. The summed E-state index contributed by atoms with van der Waals surface area (Å²) in [5, 5.41) is 1.85. The Kier molecular flexibility index (Phi) is 5.30. The van der Waals surface area contributed by atoms with Crippen LogP contribution in [-0.4, -0.2) is 11.3 Å². The summed E-state index contributed by atoms with van der Waals surface area (Å²) < 4.78 is 0. The average molecular weight is 329 g/mol. The highest BCUT2D eigenvalue weighted by atomic mass is 35.5. The molecular weight excluding hydrogens is 317 g/mol. The van der Waals surface area contributed by atoms with Crippen LogP contribution in [0.15, 0.2) is 54.6 Å². The standard InChI is InChI=1S/C15H12Cl3NO/c16-11-6-8-12(9-7-11)19-15(20)14(18)13(17)10-4-2-1-3-5-10/h1-9,13-14H,(H,19,20)/t13-,14+/m1/s1. The van der Waals surface area contributed by atoms with Gasteiger partial charge >= 0.3 is 0 Å². The molecule has 2 nitrogen and oxygen atoms in total. The van der Waals surface area contributed by atoms with Crippen molar-refractivity contribution in [3.8, 4) is 0 Å². The second-order valence-corrected chi connectivity index (χ2v) is 5.59.